The first-order valence-electron chi connectivity index (χ1n) is 4.23. The summed E-state index contributed by atoms with van der Waals surface area (Å²) >= 11 is 1.09. The van der Waals surface area contributed by atoms with Crippen molar-refractivity contribution in [1.29, 1.82) is 0 Å². The fraction of sp³-hybridized carbons (Fsp3) is 0.222. The van der Waals surface area contributed by atoms with Crippen molar-refractivity contribution in [1.82, 2.24) is 4.98 Å². The normalized spacial score (nSPS) is 9.81. The Bertz CT molecular complexity index is 422. The monoisotopic (exact) mass is 242 g/mol. The summed E-state index contributed by atoms with van der Waals surface area (Å²) in [6.45, 7) is 0. The number of nitrogens with zero attached hydrogens (tertiary/aromatic N) is 1. The highest BCUT2D eigenvalue weighted by Gasteiger charge is 2.11. The lowest BCUT2D eigenvalue weighted by atomic mass is 10.2. The number of methoxy groups -OCH3 is 1. The Morgan fingerprint density at radius 3 is 2.88 bits per heavy atom. The molecule has 0 atom stereocenters. The highest BCUT2D eigenvalue weighted by atomic mass is 32.2. The van der Waals surface area contributed by atoms with E-state index in [0.29, 0.717) is 5.03 Å². The van der Waals surface area contributed by atoms with Gasteiger partial charge < -0.3 is 15.6 Å². The van der Waals surface area contributed by atoms with Gasteiger partial charge in [0.05, 0.1) is 35.3 Å². The molecule has 7 heteroatoms. The third kappa shape index (κ3) is 3.13. The van der Waals surface area contributed by atoms with Crippen LogP contribution in [0.25, 0.3) is 0 Å². The van der Waals surface area contributed by atoms with E-state index in [9.17, 15) is 9.59 Å². The smallest absolute Gasteiger partial charge is 0.337 e. The van der Waals surface area contributed by atoms with Gasteiger partial charge in [0.2, 0.25) is 0 Å². The number of pyridine rings is 1. The molecule has 0 saturated heterocycles. The molecule has 3 N–H and O–H groups in total. The van der Waals surface area contributed by atoms with E-state index in [1.807, 2.05) is 0 Å². The van der Waals surface area contributed by atoms with Gasteiger partial charge in [0, 0.05) is 0 Å². The minimum Gasteiger partial charge on any atom is -0.478 e. The number of nitrogens with two attached hydrogens (primary N) is 1. The van der Waals surface area contributed by atoms with Gasteiger partial charge >= 0.3 is 11.9 Å². The fourth-order valence-corrected chi connectivity index (χ4v) is 1.61. The Balaban J connectivity index is 2.79. The van der Waals surface area contributed by atoms with E-state index in [4.69, 9.17) is 10.8 Å². The molecule has 0 amide bonds. The van der Waals surface area contributed by atoms with Gasteiger partial charge in [-0.2, -0.15) is 0 Å². The number of carbonyl (C=O) groups is 2. The summed E-state index contributed by atoms with van der Waals surface area (Å²) < 4.78 is 4.44. The summed E-state index contributed by atoms with van der Waals surface area (Å²) in [6.07, 6.45) is 1.25. The van der Waals surface area contributed by atoms with Crippen LogP contribution in [0.5, 0.6) is 0 Å². The maximum absolute atomic E-state index is 10.9. The Morgan fingerprint density at radius 1 is 1.62 bits per heavy atom. The summed E-state index contributed by atoms with van der Waals surface area (Å²) in [7, 11) is 1.28. The lowest BCUT2D eigenvalue weighted by molar-refractivity contribution is -0.137. The zero-order valence-corrected chi connectivity index (χ0v) is 9.28. The van der Waals surface area contributed by atoms with Crippen LogP contribution in [0.1, 0.15) is 10.4 Å². The van der Waals surface area contributed by atoms with Gasteiger partial charge in [-0.25, -0.2) is 9.78 Å². The second-order valence-electron chi connectivity index (χ2n) is 2.78. The quantitative estimate of drug-likeness (QED) is 0.589. The van der Waals surface area contributed by atoms with Crippen molar-refractivity contribution in [2.45, 2.75) is 5.03 Å². The molecule has 0 aliphatic heterocycles. The number of ether oxygens (including phenoxy) is 1. The van der Waals surface area contributed by atoms with Crippen molar-refractivity contribution in [2.75, 3.05) is 18.6 Å². The van der Waals surface area contributed by atoms with Gasteiger partial charge in [-0.05, 0) is 6.07 Å². The van der Waals surface area contributed by atoms with Crippen LogP contribution in [0.15, 0.2) is 17.3 Å². The van der Waals surface area contributed by atoms with E-state index in [-0.39, 0.29) is 17.0 Å². The molecule has 86 valence electrons. The number of hydrogen-bond donors (Lipinski definition) is 2. The molecule has 0 fully saturated rings. The lowest BCUT2D eigenvalue weighted by Crippen LogP contribution is -2.05. The highest BCUT2D eigenvalue weighted by Crippen LogP contribution is 2.20. The van der Waals surface area contributed by atoms with Crippen LogP contribution in [0.3, 0.4) is 0 Å². The van der Waals surface area contributed by atoms with Gasteiger partial charge in [-0.1, -0.05) is 11.8 Å². The summed E-state index contributed by atoms with van der Waals surface area (Å²) in [5.74, 6) is -1.45. The standard InChI is InChI=1S/C9H10N2O4S/c1-15-8(12)4-16-7-2-5(9(13)14)6(10)3-11-7/h2-3H,4,10H2,1H3,(H,13,14). The molecule has 1 aromatic heterocycles. The van der Waals surface area contributed by atoms with Gasteiger partial charge in [0.1, 0.15) is 0 Å². The summed E-state index contributed by atoms with van der Waals surface area (Å²) in [5.41, 5.74) is 5.50. The topological polar surface area (TPSA) is 103 Å². The van der Waals surface area contributed by atoms with Gasteiger partial charge in [0.15, 0.2) is 0 Å². The third-order valence-electron chi connectivity index (χ3n) is 1.71. The molecule has 0 aliphatic carbocycles. The van der Waals surface area contributed by atoms with E-state index in [1.165, 1.54) is 19.4 Å². The van der Waals surface area contributed by atoms with Crippen LogP contribution in [0.2, 0.25) is 0 Å². The molecule has 16 heavy (non-hydrogen) atoms. The fourth-order valence-electron chi connectivity index (χ4n) is 0.903. The number of carboxylic acid groups (broad SMARTS) is 1. The first kappa shape index (κ1) is 12.3. The van der Waals surface area contributed by atoms with Crippen LogP contribution in [0, 0.1) is 0 Å². The molecular weight excluding hydrogens is 232 g/mol. The number of aromatic nitrogens is 1. The summed E-state index contributed by atoms with van der Waals surface area (Å²) in [6, 6.07) is 1.32. The minimum absolute atomic E-state index is 0.0256. The van der Waals surface area contributed by atoms with Gasteiger partial charge in [-0.15, -0.1) is 0 Å². The molecule has 1 heterocycles. The summed E-state index contributed by atoms with van der Waals surface area (Å²) in [5, 5.41) is 9.22. The van der Waals surface area contributed by atoms with Crippen LogP contribution in [-0.4, -0.2) is 34.9 Å². The van der Waals surface area contributed by atoms with Crippen molar-refractivity contribution in [3.05, 3.63) is 17.8 Å². The SMILES string of the molecule is COC(=O)CSc1cc(C(=O)O)c(N)cn1. The van der Waals surface area contributed by atoms with Crippen molar-refractivity contribution < 1.29 is 19.4 Å². The molecule has 0 saturated carbocycles. The molecule has 0 aliphatic rings. The zero-order valence-electron chi connectivity index (χ0n) is 8.47. The van der Waals surface area contributed by atoms with Crippen LogP contribution < -0.4 is 5.73 Å². The predicted molar refractivity (Wildman–Crippen MR) is 58.3 cm³/mol. The van der Waals surface area contributed by atoms with Crippen molar-refractivity contribution in [2.24, 2.45) is 0 Å². The Labute approximate surface area is 95.8 Å². The lowest BCUT2D eigenvalue weighted by Gasteiger charge is -2.03. The van der Waals surface area contributed by atoms with Gasteiger partial charge in [-0.3, -0.25) is 4.79 Å². The Kier molecular flexibility index (Phi) is 4.12. The Morgan fingerprint density at radius 2 is 2.31 bits per heavy atom. The molecular formula is C9H10N2O4S. The highest BCUT2D eigenvalue weighted by molar-refractivity contribution is 7.99. The first-order chi connectivity index (χ1) is 7.54. The minimum atomic E-state index is -1.13. The van der Waals surface area contributed by atoms with Crippen molar-refractivity contribution in [3.63, 3.8) is 0 Å². The number of anilines is 1. The van der Waals surface area contributed by atoms with E-state index in [0.717, 1.165) is 11.8 Å². The van der Waals surface area contributed by atoms with E-state index < -0.39 is 11.9 Å². The molecule has 0 unspecified atom stereocenters. The van der Waals surface area contributed by atoms with Crippen LogP contribution in [0.4, 0.5) is 5.69 Å². The maximum atomic E-state index is 10.9. The van der Waals surface area contributed by atoms with Crippen LogP contribution >= 0.6 is 11.8 Å². The zero-order chi connectivity index (χ0) is 12.1. The second-order valence-corrected chi connectivity index (χ2v) is 3.78. The molecule has 0 radical (unpaired) electrons. The molecule has 0 aromatic carbocycles. The number of carboxylic acids is 1. The van der Waals surface area contributed by atoms with Crippen LogP contribution in [-0.2, 0) is 9.53 Å². The number of hydrogen-bond acceptors (Lipinski definition) is 6. The molecule has 1 rings (SSSR count). The summed E-state index contributed by atoms with van der Waals surface area (Å²) in [4.78, 5) is 25.5. The number of thioether (sulfide) groups is 1. The molecule has 6 nitrogen and oxygen atoms in total. The number of nitrogen functional groups attached to an aromatic ring is 1. The largest absolute Gasteiger partial charge is 0.478 e. The molecule has 0 bridgehead atoms. The number of carbonyl (C=O) groups excluding carboxylic acids is 1. The first-order valence-corrected chi connectivity index (χ1v) is 5.21. The van der Waals surface area contributed by atoms with Crippen molar-refractivity contribution >= 4 is 29.4 Å². The maximum Gasteiger partial charge on any atom is 0.337 e. The van der Waals surface area contributed by atoms with E-state index in [1.54, 1.807) is 0 Å². The molecule has 0 spiro atoms. The second kappa shape index (κ2) is 5.36. The number of aromatic carboxylic acids is 1. The Hall–Kier alpha value is -1.76. The predicted octanol–water partition coefficient (Wildman–Crippen LogP) is 0.627. The number of esters is 1. The average Bonchev–Trinajstić information content (AvgIpc) is 2.27. The molecule has 1 aromatic rings. The third-order valence-corrected chi connectivity index (χ3v) is 2.60. The van der Waals surface area contributed by atoms with E-state index >= 15 is 0 Å². The van der Waals surface area contributed by atoms with Crippen molar-refractivity contribution in [3.8, 4) is 0 Å². The van der Waals surface area contributed by atoms with Gasteiger partial charge in [0.25, 0.3) is 0 Å². The van der Waals surface area contributed by atoms with E-state index in [2.05, 4.69) is 9.72 Å². The average molecular weight is 242 g/mol. The number of rotatable bonds is 4.